The highest BCUT2D eigenvalue weighted by atomic mass is 19.1. The van der Waals surface area contributed by atoms with Gasteiger partial charge < -0.3 is 10.6 Å². The Balaban J connectivity index is 1.70. The largest absolute Gasteiger partial charge is 0.365 e. The second kappa shape index (κ2) is 6.83. The first-order valence-corrected chi connectivity index (χ1v) is 7.22. The molecule has 0 aliphatic heterocycles. The van der Waals surface area contributed by atoms with Crippen LogP contribution in [0.25, 0.3) is 0 Å². The Kier molecular flexibility index (Phi) is 4.42. The van der Waals surface area contributed by atoms with Crippen molar-refractivity contribution in [3.05, 3.63) is 71.7 Å². The first kappa shape index (κ1) is 14.9. The molecular weight excluding hydrogens is 293 g/mol. The number of aryl methyl sites for hydroxylation is 1. The minimum absolute atomic E-state index is 0.241. The predicted molar refractivity (Wildman–Crippen MR) is 88.0 cm³/mol. The summed E-state index contributed by atoms with van der Waals surface area (Å²) >= 11 is 0. The van der Waals surface area contributed by atoms with Crippen LogP contribution < -0.4 is 10.6 Å². The number of benzene rings is 2. The van der Waals surface area contributed by atoms with Crippen LogP contribution in [0.3, 0.4) is 0 Å². The molecule has 116 valence electrons. The van der Waals surface area contributed by atoms with E-state index in [-0.39, 0.29) is 11.8 Å². The van der Waals surface area contributed by atoms with E-state index >= 15 is 0 Å². The SMILES string of the molecule is Cc1ccccc1CNc1cnnc(Nc2ccccc2F)n1. The summed E-state index contributed by atoms with van der Waals surface area (Å²) < 4.78 is 13.6. The van der Waals surface area contributed by atoms with Gasteiger partial charge in [0.15, 0.2) is 5.82 Å². The minimum atomic E-state index is -0.366. The lowest BCUT2D eigenvalue weighted by Crippen LogP contribution is -2.06. The zero-order chi connectivity index (χ0) is 16.1. The average molecular weight is 309 g/mol. The molecule has 0 amide bonds. The van der Waals surface area contributed by atoms with Crippen LogP contribution in [0.4, 0.5) is 21.8 Å². The maximum Gasteiger partial charge on any atom is 0.249 e. The van der Waals surface area contributed by atoms with Crippen molar-refractivity contribution in [3.8, 4) is 0 Å². The molecule has 0 spiro atoms. The fourth-order valence-corrected chi connectivity index (χ4v) is 2.12. The van der Waals surface area contributed by atoms with E-state index in [1.165, 1.54) is 23.4 Å². The van der Waals surface area contributed by atoms with Crippen molar-refractivity contribution in [1.82, 2.24) is 15.2 Å². The van der Waals surface area contributed by atoms with E-state index in [1.807, 2.05) is 12.1 Å². The highest BCUT2D eigenvalue weighted by Gasteiger charge is 2.05. The Morgan fingerprint density at radius 1 is 1.04 bits per heavy atom. The van der Waals surface area contributed by atoms with E-state index in [4.69, 9.17) is 0 Å². The summed E-state index contributed by atoms with van der Waals surface area (Å²) in [6.45, 7) is 2.69. The molecule has 0 atom stereocenters. The van der Waals surface area contributed by atoms with Crippen molar-refractivity contribution in [2.75, 3.05) is 10.6 Å². The van der Waals surface area contributed by atoms with Gasteiger partial charge in [0, 0.05) is 6.54 Å². The molecule has 23 heavy (non-hydrogen) atoms. The zero-order valence-electron chi connectivity index (χ0n) is 12.6. The Hall–Kier alpha value is -3.02. The van der Waals surface area contributed by atoms with Crippen LogP contribution in [0.5, 0.6) is 0 Å². The van der Waals surface area contributed by atoms with Gasteiger partial charge in [-0.3, -0.25) is 0 Å². The van der Waals surface area contributed by atoms with Gasteiger partial charge in [-0.2, -0.15) is 10.1 Å². The van der Waals surface area contributed by atoms with Crippen LogP contribution in [0.2, 0.25) is 0 Å². The minimum Gasteiger partial charge on any atom is -0.365 e. The summed E-state index contributed by atoms with van der Waals surface area (Å²) in [5, 5.41) is 13.8. The van der Waals surface area contributed by atoms with Gasteiger partial charge in [-0.05, 0) is 30.2 Å². The van der Waals surface area contributed by atoms with E-state index in [9.17, 15) is 4.39 Å². The Bertz CT molecular complexity index is 806. The molecular formula is C17H16FN5. The van der Waals surface area contributed by atoms with Gasteiger partial charge in [0.05, 0.1) is 11.9 Å². The molecule has 0 unspecified atom stereocenters. The normalized spacial score (nSPS) is 10.3. The summed E-state index contributed by atoms with van der Waals surface area (Å²) in [5.74, 6) is 0.446. The van der Waals surface area contributed by atoms with E-state index in [0.29, 0.717) is 18.1 Å². The van der Waals surface area contributed by atoms with Gasteiger partial charge >= 0.3 is 0 Å². The summed E-state index contributed by atoms with van der Waals surface area (Å²) in [6, 6.07) is 14.5. The van der Waals surface area contributed by atoms with E-state index < -0.39 is 0 Å². The van der Waals surface area contributed by atoms with Crippen molar-refractivity contribution >= 4 is 17.5 Å². The molecule has 3 aromatic rings. The number of hydrogen-bond acceptors (Lipinski definition) is 5. The molecule has 0 saturated carbocycles. The van der Waals surface area contributed by atoms with Crippen molar-refractivity contribution in [1.29, 1.82) is 0 Å². The molecule has 0 radical (unpaired) electrons. The summed E-state index contributed by atoms with van der Waals surface area (Å²) in [5.41, 5.74) is 2.69. The van der Waals surface area contributed by atoms with Crippen molar-refractivity contribution in [2.45, 2.75) is 13.5 Å². The third kappa shape index (κ3) is 3.79. The number of aromatic nitrogens is 3. The topological polar surface area (TPSA) is 62.7 Å². The molecule has 3 rings (SSSR count). The molecule has 0 aliphatic carbocycles. The van der Waals surface area contributed by atoms with Gasteiger partial charge in [-0.1, -0.05) is 36.4 Å². The molecule has 1 heterocycles. The third-order valence-electron chi connectivity index (χ3n) is 3.40. The van der Waals surface area contributed by atoms with Crippen LogP contribution >= 0.6 is 0 Å². The van der Waals surface area contributed by atoms with Crippen molar-refractivity contribution < 1.29 is 4.39 Å². The standard InChI is InChI=1S/C17H16FN5/c1-12-6-2-3-7-13(12)10-19-16-11-20-23-17(22-16)21-15-9-5-4-8-14(15)18/h2-9,11H,10H2,1H3,(H2,19,21,22,23). The fraction of sp³-hybridized carbons (Fsp3) is 0.118. The Labute approximate surface area is 133 Å². The maximum atomic E-state index is 13.6. The van der Waals surface area contributed by atoms with Gasteiger partial charge in [0.2, 0.25) is 5.95 Å². The number of nitrogens with zero attached hydrogens (tertiary/aromatic N) is 3. The summed E-state index contributed by atoms with van der Waals surface area (Å²) in [6.07, 6.45) is 1.53. The quantitative estimate of drug-likeness (QED) is 0.753. The van der Waals surface area contributed by atoms with Gasteiger partial charge in [-0.15, -0.1) is 5.10 Å². The summed E-state index contributed by atoms with van der Waals surface area (Å²) in [4.78, 5) is 4.29. The maximum absolute atomic E-state index is 13.6. The molecule has 0 bridgehead atoms. The second-order valence-electron chi connectivity index (χ2n) is 5.05. The third-order valence-corrected chi connectivity index (χ3v) is 3.40. The van der Waals surface area contributed by atoms with Gasteiger partial charge in [-0.25, -0.2) is 4.39 Å². The van der Waals surface area contributed by atoms with Crippen LogP contribution in [-0.4, -0.2) is 15.2 Å². The van der Waals surface area contributed by atoms with Gasteiger partial charge in [0.1, 0.15) is 5.82 Å². The highest BCUT2D eigenvalue weighted by Crippen LogP contribution is 2.17. The molecule has 2 aromatic carbocycles. The highest BCUT2D eigenvalue weighted by molar-refractivity contribution is 5.54. The predicted octanol–water partition coefficient (Wildman–Crippen LogP) is 3.67. The van der Waals surface area contributed by atoms with E-state index in [1.54, 1.807) is 18.2 Å². The lowest BCUT2D eigenvalue weighted by atomic mass is 10.1. The van der Waals surface area contributed by atoms with Crippen LogP contribution in [0, 0.1) is 12.7 Å². The van der Waals surface area contributed by atoms with Crippen LogP contribution in [0.1, 0.15) is 11.1 Å². The second-order valence-corrected chi connectivity index (χ2v) is 5.05. The van der Waals surface area contributed by atoms with E-state index in [0.717, 1.165) is 0 Å². The molecule has 2 N–H and O–H groups in total. The molecule has 0 aliphatic rings. The average Bonchev–Trinajstić information content (AvgIpc) is 2.57. The monoisotopic (exact) mass is 309 g/mol. The Morgan fingerprint density at radius 2 is 1.83 bits per heavy atom. The number of hydrogen-bond donors (Lipinski definition) is 2. The summed E-state index contributed by atoms with van der Waals surface area (Å²) in [7, 11) is 0. The lowest BCUT2D eigenvalue weighted by Gasteiger charge is -2.09. The fourth-order valence-electron chi connectivity index (χ4n) is 2.12. The number of halogens is 1. The molecule has 6 heteroatoms. The van der Waals surface area contributed by atoms with Gasteiger partial charge in [0.25, 0.3) is 0 Å². The van der Waals surface area contributed by atoms with Crippen molar-refractivity contribution in [3.63, 3.8) is 0 Å². The first-order valence-electron chi connectivity index (χ1n) is 7.22. The molecule has 0 fully saturated rings. The van der Waals surface area contributed by atoms with Crippen LogP contribution in [-0.2, 0) is 6.54 Å². The molecule has 0 saturated heterocycles. The van der Waals surface area contributed by atoms with Crippen LogP contribution in [0.15, 0.2) is 54.7 Å². The number of rotatable bonds is 5. The smallest absolute Gasteiger partial charge is 0.249 e. The number of anilines is 3. The Morgan fingerprint density at radius 3 is 2.65 bits per heavy atom. The first-order chi connectivity index (χ1) is 11.2. The molecule has 1 aromatic heterocycles. The van der Waals surface area contributed by atoms with E-state index in [2.05, 4.69) is 44.9 Å². The zero-order valence-corrected chi connectivity index (χ0v) is 12.6. The molecule has 5 nitrogen and oxygen atoms in total. The van der Waals surface area contributed by atoms with Crippen molar-refractivity contribution in [2.24, 2.45) is 0 Å². The number of para-hydroxylation sites is 1. The number of nitrogens with one attached hydrogen (secondary N) is 2. The lowest BCUT2D eigenvalue weighted by molar-refractivity contribution is 0.631.